The molecule has 0 spiro atoms. The highest BCUT2D eigenvalue weighted by Gasteiger charge is 2.28. The number of ether oxygens (including phenoxy) is 1. The Balaban J connectivity index is 2.42. The second-order valence-electron chi connectivity index (χ2n) is 5.09. The average Bonchev–Trinajstić information content (AvgIpc) is 2.46. The van der Waals surface area contributed by atoms with Crippen molar-refractivity contribution in [3.63, 3.8) is 0 Å². The Morgan fingerprint density at radius 3 is 2.32 bits per heavy atom. The fourth-order valence-electron chi connectivity index (χ4n) is 2.27. The van der Waals surface area contributed by atoms with Crippen molar-refractivity contribution >= 4 is 18.4 Å². The van der Waals surface area contributed by atoms with Gasteiger partial charge in [-0.1, -0.05) is 79.5 Å². The first-order valence-corrected chi connectivity index (χ1v) is 9.55. The average molecular weight is 268 g/mol. The summed E-state index contributed by atoms with van der Waals surface area (Å²) in [6, 6.07) is 19.1. The van der Waals surface area contributed by atoms with Crippen LogP contribution in [0.3, 0.4) is 0 Å². The largest absolute Gasteiger partial charge is 0.490 e. The first kappa shape index (κ1) is 13.6. The van der Waals surface area contributed by atoms with Crippen molar-refractivity contribution in [2.45, 2.75) is 13.1 Å². The number of hydrogen-bond acceptors (Lipinski definition) is 1. The van der Waals surface area contributed by atoms with Crippen molar-refractivity contribution in [2.75, 3.05) is 6.61 Å². The van der Waals surface area contributed by atoms with Crippen LogP contribution in [-0.4, -0.2) is 14.7 Å². The highest BCUT2D eigenvalue weighted by molar-refractivity contribution is 7.00. The maximum absolute atomic E-state index is 5.81. The molecule has 98 valence electrons. The molecule has 0 aromatic heterocycles. The molecular weight excluding hydrogens is 248 g/mol. The number of rotatable bonds is 5. The molecule has 0 aliphatic carbocycles. The fourth-order valence-corrected chi connectivity index (χ4v) is 4.89. The molecule has 0 N–H and O–H groups in total. The van der Waals surface area contributed by atoms with Crippen LogP contribution in [0.2, 0.25) is 13.1 Å². The molecular formula is C17H20OSi. The van der Waals surface area contributed by atoms with Crippen LogP contribution >= 0.6 is 0 Å². The van der Waals surface area contributed by atoms with Crippen molar-refractivity contribution in [1.29, 1.82) is 0 Å². The second-order valence-corrected chi connectivity index (χ2v) is 9.45. The highest BCUT2D eigenvalue weighted by Crippen LogP contribution is 2.14. The third kappa shape index (κ3) is 2.96. The lowest BCUT2D eigenvalue weighted by Gasteiger charge is -2.26. The van der Waals surface area contributed by atoms with Crippen molar-refractivity contribution in [3.8, 4) is 5.75 Å². The van der Waals surface area contributed by atoms with Crippen LogP contribution in [0.25, 0.3) is 0 Å². The Kier molecular flexibility index (Phi) is 4.22. The van der Waals surface area contributed by atoms with Crippen molar-refractivity contribution < 1.29 is 4.74 Å². The van der Waals surface area contributed by atoms with Gasteiger partial charge < -0.3 is 4.74 Å². The Bertz CT molecular complexity index is 546. The van der Waals surface area contributed by atoms with E-state index in [2.05, 4.69) is 68.2 Å². The highest BCUT2D eigenvalue weighted by atomic mass is 28.3. The molecule has 0 atom stereocenters. The molecule has 2 aromatic carbocycles. The van der Waals surface area contributed by atoms with Crippen molar-refractivity contribution in [3.05, 3.63) is 67.3 Å². The van der Waals surface area contributed by atoms with E-state index in [0.717, 1.165) is 5.75 Å². The van der Waals surface area contributed by atoms with Gasteiger partial charge in [-0.15, -0.1) is 0 Å². The van der Waals surface area contributed by atoms with Gasteiger partial charge in [-0.25, -0.2) is 0 Å². The normalized spacial score (nSPS) is 11.1. The first-order valence-electron chi connectivity index (χ1n) is 6.55. The zero-order valence-electron chi connectivity index (χ0n) is 11.6. The summed E-state index contributed by atoms with van der Waals surface area (Å²) in [5.41, 5.74) is 0. The van der Waals surface area contributed by atoms with E-state index in [0.29, 0.717) is 6.61 Å². The lowest BCUT2D eigenvalue weighted by molar-refractivity contribution is 0.366. The molecule has 0 amide bonds. The second kappa shape index (κ2) is 5.89. The summed E-state index contributed by atoms with van der Waals surface area (Å²) in [5.74, 6) is 0.989. The summed E-state index contributed by atoms with van der Waals surface area (Å²) >= 11 is 0. The third-order valence-corrected chi connectivity index (χ3v) is 6.95. The zero-order chi connectivity index (χ0) is 13.7. The van der Waals surface area contributed by atoms with Gasteiger partial charge in [0.15, 0.2) is 0 Å². The van der Waals surface area contributed by atoms with E-state index in [1.54, 1.807) is 6.08 Å². The minimum Gasteiger partial charge on any atom is -0.490 e. The number of benzene rings is 2. The third-order valence-electron chi connectivity index (χ3n) is 3.41. The molecule has 0 aliphatic heterocycles. The predicted molar refractivity (Wildman–Crippen MR) is 85.3 cm³/mol. The summed E-state index contributed by atoms with van der Waals surface area (Å²) < 4.78 is 5.81. The smallest absolute Gasteiger partial charge is 0.119 e. The van der Waals surface area contributed by atoms with Crippen molar-refractivity contribution in [1.82, 2.24) is 0 Å². The number of hydrogen-bond donors (Lipinski definition) is 0. The molecule has 2 rings (SSSR count). The maximum Gasteiger partial charge on any atom is 0.119 e. The maximum atomic E-state index is 5.81. The molecule has 1 nitrogen and oxygen atoms in total. The van der Waals surface area contributed by atoms with Crippen LogP contribution in [0.1, 0.15) is 0 Å². The minimum atomic E-state index is -1.71. The lowest BCUT2D eigenvalue weighted by Crippen LogP contribution is -2.53. The summed E-state index contributed by atoms with van der Waals surface area (Å²) in [4.78, 5) is 0. The lowest BCUT2D eigenvalue weighted by atomic mass is 10.3. The van der Waals surface area contributed by atoms with Crippen LogP contribution in [0.4, 0.5) is 0 Å². The van der Waals surface area contributed by atoms with E-state index < -0.39 is 8.07 Å². The van der Waals surface area contributed by atoms with Crippen LogP contribution in [0.15, 0.2) is 67.3 Å². The van der Waals surface area contributed by atoms with Gasteiger partial charge in [0.25, 0.3) is 0 Å². The van der Waals surface area contributed by atoms with E-state index in [1.165, 1.54) is 10.4 Å². The summed E-state index contributed by atoms with van der Waals surface area (Å²) in [7, 11) is -1.71. The fraction of sp³-hybridized carbons (Fsp3) is 0.176. The van der Waals surface area contributed by atoms with E-state index >= 15 is 0 Å². The van der Waals surface area contributed by atoms with Gasteiger partial charge in [0.05, 0.1) is 0 Å². The first-order chi connectivity index (χ1) is 9.16. The molecule has 0 saturated heterocycles. The Hall–Kier alpha value is -1.80. The summed E-state index contributed by atoms with van der Waals surface area (Å²) in [6.45, 7) is 8.98. The molecule has 0 heterocycles. The van der Waals surface area contributed by atoms with Crippen LogP contribution in [0, 0.1) is 0 Å². The zero-order valence-corrected chi connectivity index (χ0v) is 12.6. The SMILES string of the molecule is C=CCOc1ccccc1[Si](C)(C)c1ccccc1. The topological polar surface area (TPSA) is 9.23 Å². The van der Waals surface area contributed by atoms with Gasteiger partial charge in [0.2, 0.25) is 0 Å². The monoisotopic (exact) mass is 268 g/mol. The molecule has 0 bridgehead atoms. The Labute approximate surface area is 116 Å². The molecule has 2 heteroatoms. The minimum absolute atomic E-state index is 0.552. The molecule has 0 aliphatic rings. The summed E-state index contributed by atoms with van der Waals surface area (Å²) in [5, 5.41) is 2.76. The van der Waals surface area contributed by atoms with E-state index in [4.69, 9.17) is 4.74 Å². The van der Waals surface area contributed by atoms with Gasteiger partial charge in [-0.3, -0.25) is 0 Å². The molecule has 19 heavy (non-hydrogen) atoms. The van der Waals surface area contributed by atoms with E-state index in [-0.39, 0.29) is 0 Å². The molecule has 0 unspecified atom stereocenters. The molecule has 0 radical (unpaired) electrons. The van der Waals surface area contributed by atoms with E-state index in [1.807, 2.05) is 6.07 Å². The quantitative estimate of drug-likeness (QED) is 0.598. The molecule has 0 saturated carbocycles. The van der Waals surface area contributed by atoms with Crippen LogP contribution < -0.4 is 15.1 Å². The molecule has 0 fully saturated rings. The van der Waals surface area contributed by atoms with Crippen LogP contribution in [0.5, 0.6) is 5.75 Å². The Morgan fingerprint density at radius 2 is 1.63 bits per heavy atom. The predicted octanol–water partition coefficient (Wildman–Crippen LogP) is 3.07. The van der Waals surface area contributed by atoms with E-state index in [9.17, 15) is 0 Å². The van der Waals surface area contributed by atoms with Gasteiger partial charge >= 0.3 is 0 Å². The van der Waals surface area contributed by atoms with Gasteiger partial charge in [-0.2, -0.15) is 0 Å². The van der Waals surface area contributed by atoms with Gasteiger partial charge in [-0.05, 0) is 11.3 Å². The van der Waals surface area contributed by atoms with Crippen LogP contribution in [-0.2, 0) is 0 Å². The summed E-state index contributed by atoms with van der Waals surface area (Å²) in [6.07, 6.45) is 1.79. The molecule has 2 aromatic rings. The number of para-hydroxylation sites is 1. The standard InChI is InChI=1S/C17H20OSi/c1-4-14-18-16-12-8-9-13-17(16)19(2,3)15-10-6-5-7-11-15/h4-13H,1,14H2,2-3H3. The van der Waals surface area contributed by atoms with Crippen molar-refractivity contribution in [2.24, 2.45) is 0 Å². The van der Waals surface area contributed by atoms with Gasteiger partial charge in [0.1, 0.15) is 20.4 Å². The Morgan fingerprint density at radius 1 is 1.00 bits per heavy atom. The van der Waals surface area contributed by atoms with Gasteiger partial charge in [0, 0.05) is 0 Å².